The zero-order chi connectivity index (χ0) is 12.7. The second-order valence-electron chi connectivity index (χ2n) is 4.20. The maximum atomic E-state index is 9.71. The zero-order valence-corrected chi connectivity index (χ0v) is 9.97. The van der Waals surface area contributed by atoms with Crippen molar-refractivity contribution in [3.05, 3.63) is 12.7 Å². The quantitative estimate of drug-likeness (QED) is 0.548. The largest absolute Gasteiger partial charge is 0.412 e. The van der Waals surface area contributed by atoms with E-state index in [4.69, 9.17) is 15.6 Å². The SMILES string of the molecule is O.[15NH2]c1[15n]c[15n]c2c1[15n]c[15n]2[C@H]1CC(O)[C@@H](CO)O1. The van der Waals surface area contributed by atoms with Gasteiger partial charge in [0.25, 0.3) is 0 Å². The molecule has 1 aliphatic rings. The van der Waals surface area contributed by atoms with Crippen molar-refractivity contribution in [2.75, 3.05) is 12.3 Å². The average molecular weight is 274 g/mol. The highest BCUT2D eigenvalue weighted by atomic mass is 16.6. The number of anilines is 1. The fourth-order valence-corrected chi connectivity index (χ4v) is 2.13. The number of ether oxygens (including phenoxy) is 1. The number of aromatic nitrogens is 4. The number of hydrogen-bond acceptors (Lipinski definition) is 7. The molecule has 0 aromatic carbocycles. The normalized spacial score (nSPS) is 26.5. The van der Waals surface area contributed by atoms with Crippen LogP contribution in [0.4, 0.5) is 5.82 Å². The van der Waals surface area contributed by atoms with Gasteiger partial charge in [0.1, 0.15) is 24.2 Å². The molecule has 0 bridgehead atoms. The van der Waals surface area contributed by atoms with Crippen LogP contribution in [-0.4, -0.2) is 54.0 Å². The van der Waals surface area contributed by atoms with Gasteiger partial charge in [-0.1, -0.05) is 0 Å². The number of imidazole rings is 1. The first-order valence-electron chi connectivity index (χ1n) is 5.58. The van der Waals surface area contributed by atoms with Crippen molar-refractivity contribution in [3.63, 3.8) is 0 Å². The van der Waals surface area contributed by atoms with Crippen LogP contribution in [0.5, 0.6) is 0 Å². The summed E-state index contributed by atoms with van der Waals surface area (Å²) >= 11 is 0. The summed E-state index contributed by atoms with van der Waals surface area (Å²) in [6.07, 6.45) is 1.60. The van der Waals surface area contributed by atoms with E-state index >= 15 is 0 Å². The molecule has 0 spiro atoms. The molecule has 0 saturated carbocycles. The molecule has 3 heterocycles. The van der Waals surface area contributed by atoms with Crippen LogP contribution in [0, 0.1) is 0 Å². The van der Waals surface area contributed by atoms with Crippen LogP contribution in [0.2, 0.25) is 0 Å². The van der Waals surface area contributed by atoms with Crippen LogP contribution in [-0.2, 0) is 4.74 Å². The van der Waals surface area contributed by atoms with Crippen LogP contribution in [0.15, 0.2) is 12.7 Å². The van der Waals surface area contributed by atoms with E-state index in [2.05, 4.69) is 15.0 Å². The van der Waals surface area contributed by atoms with E-state index in [1.807, 2.05) is 0 Å². The van der Waals surface area contributed by atoms with E-state index in [9.17, 15) is 5.11 Å². The Morgan fingerprint density at radius 1 is 1.42 bits per heavy atom. The molecule has 2 aromatic rings. The molecule has 3 atom stereocenters. The molecule has 1 aliphatic heterocycles. The van der Waals surface area contributed by atoms with Crippen LogP contribution in [0.25, 0.3) is 11.2 Å². The summed E-state index contributed by atoms with van der Waals surface area (Å²) in [7, 11) is 0. The monoisotopic (exact) mass is 274 g/mol. The molecule has 9 heteroatoms. The van der Waals surface area contributed by atoms with Gasteiger partial charge in [0.15, 0.2) is 11.5 Å². The summed E-state index contributed by atoms with van der Waals surface area (Å²) in [6, 6.07) is 0. The minimum absolute atomic E-state index is 0. The van der Waals surface area contributed by atoms with E-state index in [-0.39, 0.29) is 12.1 Å². The Morgan fingerprint density at radius 3 is 2.89 bits per heavy atom. The van der Waals surface area contributed by atoms with Gasteiger partial charge in [-0.05, 0) is 0 Å². The molecule has 0 radical (unpaired) electrons. The van der Waals surface area contributed by atoms with Crippen molar-refractivity contribution >= 4 is 17.0 Å². The minimum atomic E-state index is -0.698. The Kier molecular flexibility index (Phi) is 3.62. The summed E-state index contributed by atoms with van der Waals surface area (Å²) in [6.45, 7) is -0.221. The number of rotatable bonds is 2. The topological polar surface area (TPSA) is 151 Å². The van der Waals surface area contributed by atoms with Crippen LogP contribution in [0.1, 0.15) is 12.6 Å². The third-order valence-electron chi connectivity index (χ3n) is 3.08. The van der Waals surface area contributed by atoms with Gasteiger partial charge < -0.3 is 26.2 Å². The number of nitrogens with two attached hydrogens (primary N) is 1. The molecule has 1 saturated heterocycles. The number of aliphatic hydroxyl groups excluding tert-OH is 2. The number of hydrogen-bond donors (Lipinski definition) is 3. The smallest absolute Gasteiger partial charge is 0.167 e. The summed E-state index contributed by atoms with van der Waals surface area (Å²) < 4.78 is 7.22. The Balaban J connectivity index is 0.00000133. The Bertz CT molecular complexity index is 574. The predicted octanol–water partition coefficient (Wildman–Crippen LogP) is -1.78. The average Bonchev–Trinajstić information content (AvgIpc) is 2.93. The van der Waals surface area contributed by atoms with E-state index in [1.54, 1.807) is 10.9 Å². The van der Waals surface area contributed by atoms with E-state index < -0.39 is 18.4 Å². The highest BCUT2D eigenvalue weighted by molar-refractivity contribution is 5.81. The molecule has 0 aliphatic carbocycles. The van der Waals surface area contributed by atoms with Gasteiger partial charge in [0.05, 0.1) is 19.0 Å². The molecule has 1 unspecified atom stereocenters. The maximum absolute atomic E-state index is 9.71. The Morgan fingerprint density at radius 2 is 2.21 bits per heavy atom. The van der Waals surface area contributed by atoms with E-state index in [0.717, 1.165) is 0 Å². The molecule has 19 heavy (non-hydrogen) atoms. The fraction of sp³-hybridized carbons (Fsp3) is 0.500. The number of fused-ring (bicyclic) bond motifs is 1. The van der Waals surface area contributed by atoms with Gasteiger partial charge in [-0.25, -0.2) is 15.0 Å². The summed E-state index contributed by atoms with van der Waals surface area (Å²) in [5.74, 6) is 0.302. The second-order valence-corrected chi connectivity index (χ2v) is 4.20. The fourth-order valence-electron chi connectivity index (χ4n) is 2.13. The Hall–Kier alpha value is -1.81. The van der Waals surface area contributed by atoms with Crippen LogP contribution >= 0.6 is 0 Å². The van der Waals surface area contributed by atoms with Gasteiger partial charge in [-0.15, -0.1) is 0 Å². The third-order valence-corrected chi connectivity index (χ3v) is 3.08. The standard InChI is InChI=1S/C10H13N5O3.H2O/c11-9-8-10(13-3-12-9)15(4-14-8)7-1-5(17)6(2-16)18-7;/h3-7,16-17H,1-2H2,(H2,11,12,13);1H2/t5?,6-,7-;/m1./s1/i11+1,12+1,13+1,14+1,15+1;. The molecule has 2 aromatic heterocycles. The maximum Gasteiger partial charge on any atom is 0.167 e. The molecular formula is C10H15N5O4. The van der Waals surface area contributed by atoms with Crippen molar-refractivity contribution in [2.24, 2.45) is 0 Å². The van der Waals surface area contributed by atoms with Crippen molar-refractivity contribution in [3.8, 4) is 0 Å². The lowest BCUT2D eigenvalue weighted by atomic mass is 10.2. The lowest BCUT2D eigenvalue weighted by Gasteiger charge is -2.13. The van der Waals surface area contributed by atoms with E-state index in [1.165, 1.54) is 6.33 Å². The highest BCUT2D eigenvalue weighted by Gasteiger charge is 2.35. The second kappa shape index (κ2) is 5.05. The van der Waals surface area contributed by atoms with Crippen molar-refractivity contribution in [1.82, 2.24) is 19.5 Å². The molecule has 6 N–H and O–H groups in total. The van der Waals surface area contributed by atoms with Gasteiger partial charge in [-0.3, -0.25) is 4.57 Å². The van der Waals surface area contributed by atoms with Crippen molar-refractivity contribution < 1.29 is 20.4 Å². The Labute approximate surface area is 108 Å². The first-order valence-corrected chi connectivity index (χ1v) is 5.58. The summed E-state index contributed by atoms with van der Waals surface area (Å²) in [5, 5.41) is 18.8. The van der Waals surface area contributed by atoms with E-state index in [0.29, 0.717) is 23.4 Å². The number of nitrogen functional groups attached to an aromatic ring is 1. The molecule has 104 valence electrons. The third kappa shape index (κ3) is 2.12. The van der Waals surface area contributed by atoms with Crippen molar-refractivity contribution in [2.45, 2.75) is 24.9 Å². The van der Waals surface area contributed by atoms with Crippen molar-refractivity contribution in [1.29, 1.82) is 0 Å². The summed E-state index contributed by atoms with van der Waals surface area (Å²) in [4.78, 5) is 12.1. The van der Waals surface area contributed by atoms with Gasteiger partial charge in [-0.2, -0.15) is 0 Å². The van der Waals surface area contributed by atoms with Gasteiger partial charge in [0, 0.05) is 6.42 Å². The molecule has 9 nitrogen and oxygen atoms in total. The predicted molar refractivity (Wildman–Crippen MR) is 65.0 cm³/mol. The molecule has 3 rings (SSSR count). The molecular weight excluding hydrogens is 259 g/mol. The first kappa shape index (κ1) is 13.6. The van der Waals surface area contributed by atoms with Gasteiger partial charge in [0.2, 0.25) is 0 Å². The minimum Gasteiger partial charge on any atom is -0.412 e. The molecule has 0 amide bonds. The highest BCUT2D eigenvalue weighted by Crippen LogP contribution is 2.30. The summed E-state index contributed by atoms with van der Waals surface area (Å²) in [5.41, 5.74) is 6.75. The van der Waals surface area contributed by atoms with Crippen LogP contribution in [0.3, 0.4) is 0 Å². The number of nitrogens with zero attached hydrogens (tertiary/aromatic N) is 4. The molecule has 1 fully saturated rings. The zero-order valence-electron chi connectivity index (χ0n) is 9.97. The lowest BCUT2D eigenvalue weighted by Crippen LogP contribution is -2.24. The number of aliphatic hydroxyl groups is 2. The lowest BCUT2D eigenvalue weighted by molar-refractivity contribution is -0.0432. The first-order chi connectivity index (χ1) is 8.70. The van der Waals surface area contributed by atoms with Crippen LogP contribution < -0.4 is 5.73 Å². The van der Waals surface area contributed by atoms with Gasteiger partial charge >= 0.3 is 0 Å².